The van der Waals surface area contributed by atoms with Gasteiger partial charge >= 0.3 is 0 Å². The van der Waals surface area contributed by atoms with E-state index < -0.39 is 0 Å². The lowest BCUT2D eigenvalue weighted by Gasteiger charge is -2.13. The highest BCUT2D eigenvalue weighted by Gasteiger charge is 2.14. The maximum Gasteiger partial charge on any atom is 0.266 e. The van der Waals surface area contributed by atoms with Crippen LogP contribution in [0.5, 0.6) is 0 Å². The Labute approximate surface area is 160 Å². The summed E-state index contributed by atoms with van der Waals surface area (Å²) in [5, 5.41) is 11.5. The first-order valence-corrected chi connectivity index (χ1v) is 8.76. The largest absolute Gasteiger partial charge is 0.507 e. The lowest BCUT2D eigenvalue weighted by Crippen LogP contribution is -2.22. The Kier molecular flexibility index (Phi) is 4.48. The third-order valence-corrected chi connectivity index (χ3v) is 4.55. The van der Waals surface area contributed by atoms with Crippen molar-refractivity contribution in [3.05, 3.63) is 106 Å². The summed E-state index contributed by atoms with van der Waals surface area (Å²) < 4.78 is 1.42. The maximum atomic E-state index is 13.2. The second-order valence-corrected chi connectivity index (χ2v) is 6.38. The molecule has 0 bridgehead atoms. The number of rotatable bonds is 3. The molecule has 0 spiro atoms. The molecular formula is C22H15ClN2O2. The molecule has 0 fully saturated rings. The van der Waals surface area contributed by atoms with E-state index in [-0.39, 0.29) is 11.3 Å². The van der Waals surface area contributed by atoms with Crippen LogP contribution in [-0.2, 0) is 0 Å². The second-order valence-electron chi connectivity index (χ2n) is 5.97. The Morgan fingerprint density at radius 1 is 0.926 bits per heavy atom. The van der Waals surface area contributed by atoms with Crippen LogP contribution in [0, 0.1) is 0 Å². The average molecular weight is 375 g/mol. The van der Waals surface area contributed by atoms with Crippen molar-refractivity contribution in [3.63, 3.8) is 0 Å². The molecule has 1 heterocycles. The summed E-state index contributed by atoms with van der Waals surface area (Å²) in [6.07, 6.45) is 1.48. The molecule has 3 aromatic carbocycles. The Bertz CT molecular complexity index is 1210. The van der Waals surface area contributed by atoms with Gasteiger partial charge < -0.3 is 5.11 Å². The minimum atomic E-state index is -0.249. The van der Waals surface area contributed by atoms with E-state index >= 15 is 0 Å². The molecule has 4 rings (SSSR count). The molecule has 132 valence electrons. The summed E-state index contributed by atoms with van der Waals surface area (Å²) in [6.45, 7) is 0. The molecule has 1 aromatic heterocycles. The molecule has 0 saturated heterocycles. The van der Waals surface area contributed by atoms with E-state index in [4.69, 9.17) is 11.6 Å². The molecule has 0 aliphatic rings. The number of fused-ring (bicyclic) bond motifs is 1. The Balaban J connectivity index is 2.03. The molecule has 0 atom stereocenters. The Hall–Kier alpha value is -3.37. The first-order valence-electron chi connectivity index (χ1n) is 8.38. The zero-order valence-corrected chi connectivity index (χ0v) is 15.0. The Morgan fingerprint density at radius 3 is 2.37 bits per heavy atom. The van der Waals surface area contributed by atoms with Crippen LogP contribution in [0.4, 0.5) is 0 Å². The number of nitrogens with zero attached hydrogens (tertiary/aromatic N) is 2. The number of halogens is 1. The second kappa shape index (κ2) is 7.09. The van der Waals surface area contributed by atoms with Gasteiger partial charge in [0.15, 0.2) is 0 Å². The number of aliphatic hydroxyl groups is 1. The van der Waals surface area contributed by atoms with Gasteiger partial charge in [-0.25, -0.2) is 4.98 Å². The van der Waals surface area contributed by atoms with Gasteiger partial charge in [0.05, 0.1) is 21.6 Å². The zero-order chi connectivity index (χ0) is 18.8. The molecule has 0 radical (unpaired) electrons. The lowest BCUT2D eigenvalue weighted by molar-refractivity contribution is 0.515. The molecule has 0 saturated carbocycles. The number of aromatic nitrogens is 2. The van der Waals surface area contributed by atoms with Crippen molar-refractivity contribution in [3.8, 4) is 5.69 Å². The van der Waals surface area contributed by atoms with Crippen LogP contribution in [0.2, 0.25) is 5.02 Å². The predicted octanol–water partition coefficient (Wildman–Crippen LogP) is 5.10. The minimum absolute atomic E-state index is 0.0126. The molecule has 27 heavy (non-hydrogen) atoms. The van der Waals surface area contributed by atoms with Crippen LogP contribution in [-0.4, -0.2) is 14.7 Å². The number of benzene rings is 3. The fourth-order valence-electron chi connectivity index (χ4n) is 2.93. The van der Waals surface area contributed by atoms with Crippen molar-refractivity contribution in [1.82, 2.24) is 9.55 Å². The molecule has 5 heteroatoms. The minimum Gasteiger partial charge on any atom is -0.507 e. The van der Waals surface area contributed by atoms with Crippen molar-refractivity contribution in [2.45, 2.75) is 0 Å². The number of aliphatic hydroxyl groups excluding tert-OH is 1. The summed E-state index contributed by atoms with van der Waals surface area (Å²) in [7, 11) is 0. The van der Waals surface area contributed by atoms with Gasteiger partial charge in [-0.1, -0.05) is 66.2 Å². The summed E-state index contributed by atoms with van der Waals surface area (Å²) >= 11 is 6.34. The van der Waals surface area contributed by atoms with Gasteiger partial charge in [0.2, 0.25) is 0 Å². The van der Waals surface area contributed by atoms with Gasteiger partial charge in [-0.15, -0.1) is 0 Å². The van der Waals surface area contributed by atoms with E-state index in [0.717, 1.165) is 0 Å². The first kappa shape index (κ1) is 17.1. The topological polar surface area (TPSA) is 55.1 Å². The van der Waals surface area contributed by atoms with Crippen molar-refractivity contribution >= 4 is 34.3 Å². The molecule has 4 nitrogen and oxygen atoms in total. The SMILES string of the molecule is O=c1c2ccccc2nc(/C=C(\O)c2ccccc2)n1-c1ccccc1Cl. The first-order chi connectivity index (χ1) is 13.1. The maximum absolute atomic E-state index is 13.2. The third-order valence-electron chi connectivity index (χ3n) is 4.23. The average Bonchev–Trinajstić information content (AvgIpc) is 2.70. The van der Waals surface area contributed by atoms with Crippen LogP contribution in [0.25, 0.3) is 28.4 Å². The molecular weight excluding hydrogens is 360 g/mol. The standard InChI is InChI=1S/C22H15ClN2O2/c23-17-11-5-7-13-19(17)25-21(14-20(26)15-8-2-1-3-9-15)24-18-12-6-4-10-16(18)22(25)27/h1-14,26H/b20-14-. The highest BCUT2D eigenvalue weighted by Crippen LogP contribution is 2.23. The summed E-state index contributed by atoms with van der Waals surface area (Å²) in [5.41, 5.74) is 1.44. The van der Waals surface area contributed by atoms with E-state index in [9.17, 15) is 9.90 Å². The highest BCUT2D eigenvalue weighted by molar-refractivity contribution is 6.32. The van der Waals surface area contributed by atoms with Gasteiger partial charge in [0, 0.05) is 11.6 Å². The quantitative estimate of drug-likeness (QED) is 0.508. The predicted molar refractivity (Wildman–Crippen MR) is 109 cm³/mol. The highest BCUT2D eigenvalue weighted by atomic mass is 35.5. The number of hydrogen-bond acceptors (Lipinski definition) is 3. The van der Waals surface area contributed by atoms with Crippen molar-refractivity contribution in [1.29, 1.82) is 0 Å². The zero-order valence-electron chi connectivity index (χ0n) is 14.2. The molecule has 4 aromatic rings. The van der Waals surface area contributed by atoms with E-state index in [1.807, 2.05) is 24.3 Å². The molecule has 0 aliphatic heterocycles. The van der Waals surface area contributed by atoms with E-state index in [1.54, 1.807) is 54.6 Å². The lowest BCUT2D eigenvalue weighted by atomic mass is 10.1. The van der Waals surface area contributed by atoms with Crippen LogP contribution in [0.3, 0.4) is 0 Å². The van der Waals surface area contributed by atoms with Crippen molar-refractivity contribution in [2.75, 3.05) is 0 Å². The fourth-order valence-corrected chi connectivity index (χ4v) is 3.15. The smallest absolute Gasteiger partial charge is 0.266 e. The molecule has 0 unspecified atom stereocenters. The third kappa shape index (κ3) is 3.23. The monoisotopic (exact) mass is 374 g/mol. The Morgan fingerprint density at radius 2 is 1.59 bits per heavy atom. The van der Waals surface area contributed by atoms with Gasteiger partial charge in [-0.05, 0) is 24.3 Å². The van der Waals surface area contributed by atoms with Gasteiger partial charge in [-0.2, -0.15) is 0 Å². The van der Waals surface area contributed by atoms with Gasteiger partial charge in [0.1, 0.15) is 11.6 Å². The van der Waals surface area contributed by atoms with Crippen molar-refractivity contribution < 1.29 is 5.11 Å². The summed E-state index contributed by atoms with van der Waals surface area (Å²) in [4.78, 5) is 17.8. The molecule has 0 amide bonds. The fraction of sp³-hybridized carbons (Fsp3) is 0. The molecule has 1 N–H and O–H groups in total. The van der Waals surface area contributed by atoms with Crippen LogP contribution in [0.15, 0.2) is 83.7 Å². The van der Waals surface area contributed by atoms with Crippen LogP contribution >= 0.6 is 11.6 Å². The summed E-state index contributed by atoms with van der Waals surface area (Å²) in [5.74, 6) is 0.312. The molecule has 0 aliphatic carbocycles. The normalized spacial score (nSPS) is 11.7. The van der Waals surface area contributed by atoms with E-state index in [1.165, 1.54) is 10.6 Å². The van der Waals surface area contributed by atoms with Crippen molar-refractivity contribution in [2.24, 2.45) is 0 Å². The van der Waals surface area contributed by atoms with Crippen LogP contribution in [0.1, 0.15) is 11.4 Å². The van der Waals surface area contributed by atoms with Gasteiger partial charge in [-0.3, -0.25) is 9.36 Å². The van der Waals surface area contributed by atoms with Gasteiger partial charge in [0.25, 0.3) is 5.56 Å². The number of para-hydroxylation sites is 2. The van der Waals surface area contributed by atoms with E-state index in [0.29, 0.717) is 33.0 Å². The van der Waals surface area contributed by atoms with Crippen LogP contribution < -0.4 is 5.56 Å². The summed E-state index contributed by atoms with van der Waals surface area (Å²) in [6, 6.07) is 23.2. The van der Waals surface area contributed by atoms with E-state index in [2.05, 4.69) is 4.98 Å². The number of hydrogen-bond donors (Lipinski definition) is 1.